The van der Waals surface area contributed by atoms with Gasteiger partial charge in [0.05, 0.1) is 17.0 Å². The summed E-state index contributed by atoms with van der Waals surface area (Å²) in [6.45, 7) is 5.60. The van der Waals surface area contributed by atoms with Gasteiger partial charge < -0.3 is 14.8 Å². The molecule has 7 heteroatoms. The van der Waals surface area contributed by atoms with Gasteiger partial charge in [-0.1, -0.05) is 0 Å². The van der Waals surface area contributed by atoms with Crippen LogP contribution in [0.1, 0.15) is 32.0 Å². The molecule has 2 aliphatic heterocycles. The lowest BCUT2D eigenvalue weighted by molar-refractivity contribution is -0.110. The van der Waals surface area contributed by atoms with Crippen LogP contribution in [-0.2, 0) is 14.3 Å². The standard InChI is InChI=1S/C21H19FN2O4/c1-21(2,3)28-20(26)24-8-4-5-16(24)12-9-17(27-11-12)18-14-7-6-13(22)10-15(14)23-19(18)25/h4-10H,11H2,1-3H3,(H,23,25)/b18-17+. The van der Waals surface area contributed by atoms with E-state index in [9.17, 15) is 14.0 Å². The number of hydrogen-bond acceptors (Lipinski definition) is 4. The Labute approximate surface area is 161 Å². The Morgan fingerprint density at radius 1 is 1.29 bits per heavy atom. The molecule has 2 aromatic rings. The van der Waals surface area contributed by atoms with E-state index in [4.69, 9.17) is 9.47 Å². The molecule has 0 bridgehead atoms. The highest BCUT2D eigenvalue weighted by Gasteiger charge is 2.31. The predicted molar refractivity (Wildman–Crippen MR) is 102 cm³/mol. The Morgan fingerprint density at radius 3 is 2.82 bits per heavy atom. The van der Waals surface area contributed by atoms with Crippen LogP contribution in [0.25, 0.3) is 11.1 Å². The van der Waals surface area contributed by atoms with Gasteiger partial charge in [-0.15, -0.1) is 0 Å². The summed E-state index contributed by atoms with van der Waals surface area (Å²) in [6, 6.07) is 7.64. The summed E-state index contributed by atoms with van der Waals surface area (Å²) in [7, 11) is 0. The first-order valence-electron chi connectivity index (χ1n) is 8.83. The van der Waals surface area contributed by atoms with E-state index in [1.807, 2.05) is 0 Å². The summed E-state index contributed by atoms with van der Waals surface area (Å²) in [5.74, 6) is -0.394. The van der Waals surface area contributed by atoms with E-state index in [-0.39, 0.29) is 12.5 Å². The quantitative estimate of drug-likeness (QED) is 0.751. The van der Waals surface area contributed by atoms with Crippen molar-refractivity contribution in [1.29, 1.82) is 0 Å². The number of rotatable bonds is 1. The molecule has 6 nitrogen and oxygen atoms in total. The van der Waals surface area contributed by atoms with Gasteiger partial charge in [0.2, 0.25) is 0 Å². The second-order valence-corrected chi connectivity index (χ2v) is 7.59. The third-order valence-corrected chi connectivity index (χ3v) is 4.33. The third kappa shape index (κ3) is 3.19. The van der Waals surface area contributed by atoms with Crippen LogP contribution in [0.3, 0.4) is 0 Å². The number of nitrogens with zero attached hydrogens (tertiary/aromatic N) is 1. The van der Waals surface area contributed by atoms with Gasteiger partial charge in [0.25, 0.3) is 5.91 Å². The number of ether oxygens (including phenoxy) is 2. The molecule has 0 saturated carbocycles. The molecule has 28 heavy (non-hydrogen) atoms. The fraction of sp³-hybridized carbons (Fsp3) is 0.238. The lowest BCUT2D eigenvalue weighted by Gasteiger charge is -2.20. The second kappa shape index (κ2) is 6.37. The highest BCUT2D eigenvalue weighted by molar-refractivity contribution is 6.32. The van der Waals surface area contributed by atoms with Gasteiger partial charge >= 0.3 is 6.09 Å². The first-order valence-corrected chi connectivity index (χ1v) is 8.83. The van der Waals surface area contributed by atoms with E-state index < -0.39 is 17.5 Å². The molecular weight excluding hydrogens is 363 g/mol. The van der Waals surface area contributed by atoms with Crippen molar-refractivity contribution in [2.75, 3.05) is 11.9 Å². The van der Waals surface area contributed by atoms with Gasteiger partial charge in [-0.05, 0) is 57.2 Å². The van der Waals surface area contributed by atoms with Crippen LogP contribution in [0.4, 0.5) is 14.9 Å². The summed E-state index contributed by atoms with van der Waals surface area (Å²) >= 11 is 0. The van der Waals surface area contributed by atoms with Crippen LogP contribution in [0.15, 0.2) is 48.4 Å². The number of aromatic nitrogens is 1. The maximum Gasteiger partial charge on any atom is 0.418 e. The van der Waals surface area contributed by atoms with Crippen molar-refractivity contribution in [2.24, 2.45) is 0 Å². The average molecular weight is 382 g/mol. The number of halogens is 1. The Balaban J connectivity index is 1.70. The van der Waals surface area contributed by atoms with Crippen molar-refractivity contribution in [3.05, 3.63) is 65.4 Å². The van der Waals surface area contributed by atoms with E-state index >= 15 is 0 Å². The number of benzene rings is 1. The Bertz CT molecular complexity index is 1060. The molecule has 0 aliphatic carbocycles. The van der Waals surface area contributed by atoms with Crippen LogP contribution in [0.2, 0.25) is 0 Å². The number of nitrogens with one attached hydrogen (secondary N) is 1. The fourth-order valence-corrected chi connectivity index (χ4v) is 3.19. The molecule has 144 valence electrons. The molecule has 1 amide bonds. The summed E-state index contributed by atoms with van der Waals surface area (Å²) in [4.78, 5) is 24.8. The van der Waals surface area contributed by atoms with Crippen LogP contribution < -0.4 is 5.32 Å². The highest BCUT2D eigenvalue weighted by Crippen LogP contribution is 2.38. The average Bonchev–Trinajstić information content (AvgIpc) is 3.29. The van der Waals surface area contributed by atoms with Crippen molar-refractivity contribution < 1.29 is 23.5 Å². The molecule has 2 aliphatic rings. The minimum Gasteiger partial charge on any atom is -0.488 e. The summed E-state index contributed by atoms with van der Waals surface area (Å²) in [6.07, 6.45) is 2.85. The molecule has 0 saturated heterocycles. The minimum absolute atomic E-state index is 0.204. The van der Waals surface area contributed by atoms with E-state index in [1.165, 1.54) is 16.7 Å². The molecule has 0 radical (unpaired) electrons. The normalized spacial score (nSPS) is 18.4. The molecule has 0 spiro atoms. The van der Waals surface area contributed by atoms with Gasteiger partial charge in [0.1, 0.15) is 23.8 Å². The smallest absolute Gasteiger partial charge is 0.418 e. The zero-order valence-electron chi connectivity index (χ0n) is 15.7. The van der Waals surface area contributed by atoms with Gasteiger partial charge in [0, 0.05) is 17.3 Å². The van der Waals surface area contributed by atoms with Crippen LogP contribution in [0, 0.1) is 5.82 Å². The maximum atomic E-state index is 13.4. The first-order chi connectivity index (χ1) is 13.2. The molecule has 1 aromatic carbocycles. The van der Waals surface area contributed by atoms with Gasteiger partial charge in [-0.25, -0.2) is 9.18 Å². The molecule has 0 fully saturated rings. The molecule has 0 unspecified atom stereocenters. The van der Waals surface area contributed by atoms with Crippen LogP contribution >= 0.6 is 0 Å². The second-order valence-electron chi connectivity index (χ2n) is 7.59. The maximum absolute atomic E-state index is 13.4. The number of amides is 1. The van der Waals surface area contributed by atoms with E-state index in [0.717, 1.165) is 5.57 Å². The van der Waals surface area contributed by atoms with E-state index in [0.29, 0.717) is 28.3 Å². The number of fused-ring (bicyclic) bond motifs is 1. The zero-order chi connectivity index (χ0) is 20.1. The summed E-state index contributed by atoms with van der Waals surface area (Å²) in [5, 5.41) is 2.64. The number of allylic oxidation sites excluding steroid dienone is 1. The lowest BCUT2D eigenvalue weighted by Crippen LogP contribution is -2.27. The Kier molecular flexibility index (Phi) is 4.10. The van der Waals surface area contributed by atoms with Gasteiger partial charge in [-0.3, -0.25) is 9.36 Å². The SMILES string of the molecule is CC(C)(C)OC(=O)n1cccc1C1=C/C(=C2\C(=O)Nc3cc(F)ccc32)OC1. The molecule has 1 N–H and O–H groups in total. The number of anilines is 1. The Morgan fingerprint density at radius 2 is 2.07 bits per heavy atom. The van der Waals surface area contributed by atoms with Crippen LogP contribution in [-0.4, -0.2) is 28.8 Å². The van der Waals surface area contributed by atoms with Crippen molar-refractivity contribution in [3.8, 4) is 0 Å². The number of hydrogen-bond donors (Lipinski definition) is 1. The fourth-order valence-electron chi connectivity index (χ4n) is 3.19. The van der Waals surface area contributed by atoms with Crippen molar-refractivity contribution >= 4 is 28.8 Å². The number of carbonyl (C=O) groups excluding carboxylic acids is 2. The molecule has 4 rings (SSSR count). The van der Waals surface area contributed by atoms with Crippen molar-refractivity contribution in [3.63, 3.8) is 0 Å². The molecular formula is C21H19FN2O4. The van der Waals surface area contributed by atoms with Gasteiger partial charge in [0.15, 0.2) is 0 Å². The monoisotopic (exact) mass is 382 g/mol. The topological polar surface area (TPSA) is 69.6 Å². The summed E-state index contributed by atoms with van der Waals surface area (Å²) in [5.41, 5.74) is 2.09. The highest BCUT2D eigenvalue weighted by atomic mass is 19.1. The van der Waals surface area contributed by atoms with Crippen LogP contribution in [0.5, 0.6) is 0 Å². The van der Waals surface area contributed by atoms with Crippen molar-refractivity contribution in [2.45, 2.75) is 26.4 Å². The lowest BCUT2D eigenvalue weighted by atomic mass is 10.0. The Hall–Kier alpha value is -3.35. The van der Waals surface area contributed by atoms with Gasteiger partial charge in [-0.2, -0.15) is 0 Å². The summed E-state index contributed by atoms with van der Waals surface area (Å²) < 4.78 is 26.0. The minimum atomic E-state index is -0.618. The largest absolute Gasteiger partial charge is 0.488 e. The first kappa shape index (κ1) is 18.0. The molecule has 1 aromatic heterocycles. The van der Waals surface area contributed by atoms with Crippen molar-refractivity contribution in [1.82, 2.24) is 4.57 Å². The molecule has 0 atom stereocenters. The van der Waals surface area contributed by atoms with E-state index in [1.54, 1.807) is 51.2 Å². The van der Waals surface area contributed by atoms with E-state index in [2.05, 4.69) is 5.32 Å². The predicted octanol–water partition coefficient (Wildman–Crippen LogP) is 4.19. The molecule has 3 heterocycles. The number of carbonyl (C=O) groups is 2. The zero-order valence-corrected chi connectivity index (χ0v) is 15.7. The third-order valence-electron chi connectivity index (χ3n) is 4.33.